The molecule has 1 aromatic heterocycles. The fourth-order valence-electron chi connectivity index (χ4n) is 6.61. The highest BCUT2D eigenvalue weighted by Crippen LogP contribution is 2.34. The molecule has 21 heteroatoms. The highest BCUT2D eigenvalue weighted by Gasteiger charge is 2.52. The van der Waals surface area contributed by atoms with Gasteiger partial charge in [0.2, 0.25) is 12.2 Å². The second kappa shape index (κ2) is 17.4. The molecule has 7 N–H and O–H groups in total. The summed E-state index contributed by atoms with van der Waals surface area (Å²) < 4.78 is 70.2. The first-order valence-corrected chi connectivity index (χ1v) is 17.6. The molecule has 3 aliphatic rings. The first-order chi connectivity index (χ1) is 27.1. The number of carbonyl (C=O) groups excluding carboxylic acids is 2. The molecule has 6 rings (SSSR count). The zero-order valence-corrected chi connectivity index (χ0v) is 30.1. The van der Waals surface area contributed by atoms with Crippen LogP contribution in [0.4, 0.5) is 18.9 Å². The van der Waals surface area contributed by atoms with Crippen LogP contribution in [0.3, 0.4) is 0 Å². The van der Waals surface area contributed by atoms with Crippen LogP contribution in [0, 0.1) is 0 Å². The van der Waals surface area contributed by atoms with Crippen LogP contribution >= 0.6 is 0 Å². The molecule has 3 aliphatic heterocycles. The van der Waals surface area contributed by atoms with Crippen LogP contribution in [0.15, 0.2) is 82.2 Å². The number of nitrogens with one attached hydrogen (secondary N) is 2. The van der Waals surface area contributed by atoms with Gasteiger partial charge in [-0.05, 0) is 48.0 Å². The number of anilines is 1. The summed E-state index contributed by atoms with van der Waals surface area (Å²) in [5, 5.41) is 34.8. The van der Waals surface area contributed by atoms with E-state index >= 15 is 0 Å². The smallest absolute Gasteiger partial charge is 0.490 e. The molecule has 8 atom stereocenters. The van der Waals surface area contributed by atoms with Gasteiger partial charge in [0.25, 0.3) is 11.5 Å². The van der Waals surface area contributed by atoms with Gasteiger partial charge in [0, 0.05) is 57.5 Å². The number of primary amides is 1. The number of H-pyrrole nitrogens is 1. The summed E-state index contributed by atoms with van der Waals surface area (Å²) in [6, 6.07) is 13.6. The van der Waals surface area contributed by atoms with Crippen molar-refractivity contribution in [2.24, 2.45) is 5.73 Å². The number of carbonyl (C=O) groups is 2. The lowest BCUT2D eigenvalue weighted by molar-refractivity contribution is -0.274. The Hall–Kier alpha value is -5.45. The van der Waals surface area contributed by atoms with Gasteiger partial charge in [-0.3, -0.25) is 23.9 Å². The number of hydrogen-bond acceptors (Lipinski definition) is 14. The number of aromatic amines is 1. The molecule has 0 aliphatic carbocycles. The fraction of sp³-hybridized carbons (Fsp3) is 0.444. The molecule has 0 spiro atoms. The second-order valence-electron chi connectivity index (χ2n) is 13.3. The van der Waals surface area contributed by atoms with E-state index in [0.29, 0.717) is 37.2 Å². The van der Waals surface area contributed by atoms with Gasteiger partial charge in [-0.1, -0.05) is 12.1 Å². The van der Waals surface area contributed by atoms with Crippen molar-refractivity contribution in [2.45, 2.75) is 81.0 Å². The summed E-state index contributed by atoms with van der Waals surface area (Å²) in [5.74, 6) is -2.34. The molecule has 4 heterocycles. The number of amides is 2. The minimum absolute atomic E-state index is 0.0304. The normalized spacial score (nSPS) is 25.9. The van der Waals surface area contributed by atoms with Gasteiger partial charge in [0.15, 0.2) is 18.1 Å². The molecule has 2 amide bonds. The highest BCUT2D eigenvalue weighted by atomic mass is 19.4. The van der Waals surface area contributed by atoms with E-state index < -0.39 is 84.3 Å². The number of methoxy groups -OCH3 is 1. The number of piperidine rings is 1. The third-order valence-electron chi connectivity index (χ3n) is 9.48. The molecule has 2 aromatic carbocycles. The van der Waals surface area contributed by atoms with Gasteiger partial charge >= 0.3 is 12.1 Å². The minimum atomic E-state index is -4.78. The molecule has 0 radical (unpaired) electrons. The fourth-order valence-corrected chi connectivity index (χ4v) is 6.61. The molecule has 2 saturated heterocycles. The average molecular weight is 808 g/mol. The van der Waals surface area contributed by atoms with E-state index in [9.17, 15) is 47.7 Å². The van der Waals surface area contributed by atoms with E-state index in [1.54, 1.807) is 12.1 Å². The van der Waals surface area contributed by atoms with Gasteiger partial charge < -0.3 is 59.7 Å². The van der Waals surface area contributed by atoms with E-state index in [4.69, 9.17) is 29.4 Å². The van der Waals surface area contributed by atoms with Gasteiger partial charge in [-0.15, -0.1) is 13.2 Å². The van der Waals surface area contributed by atoms with Crippen LogP contribution in [-0.2, 0) is 35.1 Å². The SMILES string of the molecule is CO[C@@H]1[C@H](O)[C@@H]([C@@H](O[C@H]2OC(C(=O)NCc3ccc(N4CCC(Oc5ccc(OC(F)(F)F)cc5)CC4)cc3)=C[C@H](O)[C@@H]2O)C(N)=O)O[C@H]1n1ccc(=O)[nH]c1=O. The quantitative estimate of drug-likeness (QED) is 0.132. The van der Waals surface area contributed by atoms with Crippen molar-refractivity contribution in [3.63, 3.8) is 0 Å². The van der Waals surface area contributed by atoms with Crippen LogP contribution in [-0.4, -0.2) is 112 Å². The lowest BCUT2D eigenvalue weighted by Crippen LogP contribution is -2.53. The van der Waals surface area contributed by atoms with Crippen LogP contribution in [0.2, 0.25) is 0 Å². The average Bonchev–Trinajstić information content (AvgIpc) is 3.49. The number of halogens is 3. The summed E-state index contributed by atoms with van der Waals surface area (Å²) in [5.41, 5.74) is 5.60. The molecular formula is C36H40F3N5O13. The maximum absolute atomic E-state index is 13.1. The highest BCUT2D eigenvalue weighted by molar-refractivity contribution is 5.91. The van der Waals surface area contributed by atoms with Gasteiger partial charge in [-0.2, -0.15) is 0 Å². The van der Waals surface area contributed by atoms with Crippen molar-refractivity contribution in [1.82, 2.24) is 14.9 Å². The van der Waals surface area contributed by atoms with Crippen LogP contribution in [0.1, 0.15) is 24.6 Å². The van der Waals surface area contributed by atoms with Gasteiger partial charge in [0.05, 0.1) is 0 Å². The van der Waals surface area contributed by atoms with Crippen molar-refractivity contribution in [1.29, 1.82) is 0 Å². The standard InChI is InChI=1S/C36H40F3N5O13/c1-52-29-27(48)28(55-33(29)44-15-12-25(46)42-35(44)51)30(31(40)49)56-34-26(47)23(45)16-24(54-34)32(50)41-17-18-2-4-19(5-3-18)43-13-10-21(11-14-43)53-20-6-8-22(9-7-20)57-36(37,38)39/h2-9,12,15-16,21,23,26-30,33-34,45,47-48H,10-11,13-14,17H2,1H3,(H2,40,49)(H,41,50)(H,42,46,51)/t23-,26-,27+,28-,29+,30+,33+,34+/m0/s1. The Morgan fingerprint density at radius 3 is 2.28 bits per heavy atom. The maximum Gasteiger partial charge on any atom is 0.573 e. The molecule has 0 unspecified atom stereocenters. The Bertz CT molecular complexity index is 2020. The van der Waals surface area contributed by atoms with Crippen molar-refractivity contribution >= 4 is 17.5 Å². The summed E-state index contributed by atoms with van der Waals surface area (Å²) in [7, 11) is 1.20. The summed E-state index contributed by atoms with van der Waals surface area (Å²) >= 11 is 0. The summed E-state index contributed by atoms with van der Waals surface area (Å²) in [4.78, 5) is 53.9. The Morgan fingerprint density at radius 1 is 1.00 bits per heavy atom. The largest absolute Gasteiger partial charge is 0.573 e. The first-order valence-electron chi connectivity index (χ1n) is 17.6. The Morgan fingerprint density at radius 2 is 1.67 bits per heavy atom. The number of aromatic nitrogens is 2. The molecule has 2 fully saturated rings. The van der Waals surface area contributed by atoms with Gasteiger partial charge in [-0.25, -0.2) is 4.79 Å². The number of ether oxygens (including phenoxy) is 6. The maximum atomic E-state index is 13.1. The van der Waals surface area contributed by atoms with E-state index in [2.05, 4.69) is 15.0 Å². The van der Waals surface area contributed by atoms with Crippen LogP contribution in [0.25, 0.3) is 0 Å². The monoisotopic (exact) mass is 807 g/mol. The number of aliphatic hydroxyl groups is 3. The number of benzene rings is 2. The topological polar surface area (TPSA) is 246 Å². The molecular weight excluding hydrogens is 767 g/mol. The first kappa shape index (κ1) is 41.2. The van der Waals surface area contributed by atoms with Crippen molar-refractivity contribution < 1.29 is 66.5 Å². The van der Waals surface area contributed by atoms with E-state index in [0.717, 1.165) is 28.6 Å². The summed E-state index contributed by atoms with van der Waals surface area (Å²) in [6.45, 7) is 1.34. The predicted octanol–water partition coefficient (Wildman–Crippen LogP) is -0.0948. The van der Waals surface area contributed by atoms with Gasteiger partial charge in [0.1, 0.15) is 48.1 Å². The Kier molecular flexibility index (Phi) is 12.5. The molecule has 308 valence electrons. The van der Waals surface area contributed by atoms with E-state index in [-0.39, 0.29) is 18.4 Å². The van der Waals surface area contributed by atoms with Crippen LogP contribution in [0.5, 0.6) is 11.5 Å². The van der Waals surface area contributed by atoms with E-state index in [1.807, 2.05) is 17.1 Å². The lowest BCUT2D eigenvalue weighted by atomic mass is 10.0. The molecule has 0 bridgehead atoms. The molecule has 3 aromatic rings. The number of hydrogen-bond donors (Lipinski definition) is 6. The van der Waals surface area contributed by atoms with Crippen molar-refractivity contribution in [3.8, 4) is 11.5 Å². The van der Waals surface area contributed by atoms with Crippen molar-refractivity contribution in [3.05, 3.63) is 99.0 Å². The number of nitrogens with two attached hydrogens (primary N) is 1. The number of rotatable bonds is 13. The Balaban J connectivity index is 1.01. The number of nitrogens with zero attached hydrogens (tertiary/aromatic N) is 2. The van der Waals surface area contributed by atoms with E-state index in [1.165, 1.54) is 31.4 Å². The van der Waals surface area contributed by atoms with Crippen molar-refractivity contribution in [2.75, 3.05) is 25.1 Å². The zero-order valence-electron chi connectivity index (χ0n) is 30.1. The predicted molar refractivity (Wildman–Crippen MR) is 188 cm³/mol. The summed E-state index contributed by atoms with van der Waals surface area (Å²) in [6.07, 6.45) is -14.6. The third-order valence-corrected chi connectivity index (χ3v) is 9.48. The molecule has 18 nitrogen and oxygen atoms in total. The minimum Gasteiger partial charge on any atom is -0.490 e. The molecule has 57 heavy (non-hydrogen) atoms. The van der Waals surface area contributed by atoms with Crippen LogP contribution < -0.4 is 36.7 Å². The Labute approximate surface area is 321 Å². The lowest BCUT2D eigenvalue weighted by Gasteiger charge is -2.34. The number of alkyl halides is 3. The zero-order chi connectivity index (χ0) is 41.0. The third kappa shape index (κ3) is 9.93. The second-order valence-corrected chi connectivity index (χ2v) is 13.3. The molecule has 0 saturated carbocycles. The number of aliphatic hydroxyl groups excluding tert-OH is 3.